The van der Waals surface area contributed by atoms with Crippen molar-refractivity contribution in [3.63, 3.8) is 0 Å². The summed E-state index contributed by atoms with van der Waals surface area (Å²) < 4.78 is 1.89. The van der Waals surface area contributed by atoms with Crippen molar-refractivity contribution in [1.82, 2.24) is 0 Å². The zero-order chi connectivity index (χ0) is 12.8. The highest BCUT2D eigenvalue weighted by Gasteiger charge is 2.29. The Morgan fingerprint density at radius 1 is 1.06 bits per heavy atom. The number of hydrogen-bond donors (Lipinski definition) is 1. The van der Waals surface area contributed by atoms with E-state index in [4.69, 9.17) is 11.6 Å². The fourth-order valence-electron chi connectivity index (χ4n) is 1.92. The van der Waals surface area contributed by atoms with Gasteiger partial charge in [0.2, 0.25) is 0 Å². The lowest BCUT2D eigenvalue weighted by atomic mass is 10.0. The maximum absolute atomic E-state index is 10.7. The van der Waals surface area contributed by atoms with Crippen molar-refractivity contribution in [3.8, 4) is 0 Å². The second kappa shape index (κ2) is 4.35. The number of fused-ring (bicyclic) bond motifs is 1. The molecule has 0 bridgehead atoms. The van der Waals surface area contributed by atoms with Crippen LogP contribution in [0.3, 0.4) is 0 Å². The van der Waals surface area contributed by atoms with Crippen molar-refractivity contribution in [1.29, 1.82) is 0 Å². The van der Waals surface area contributed by atoms with E-state index in [2.05, 4.69) is 12.1 Å². The molecule has 18 heavy (non-hydrogen) atoms. The van der Waals surface area contributed by atoms with Crippen LogP contribution in [0.1, 0.15) is 16.7 Å². The first-order valence-electron chi connectivity index (χ1n) is 5.54. The Bertz CT molecular complexity index is 663. The minimum absolute atomic E-state index is 0.700. The average molecular weight is 295 g/mol. The number of thiophene rings is 2. The van der Waals surface area contributed by atoms with E-state index in [0.29, 0.717) is 4.34 Å². The van der Waals surface area contributed by atoms with E-state index in [1.165, 1.54) is 21.4 Å². The van der Waals surface area contributed by atoms with Gasteiger partial charge < -0.3 is 5.11 Å². The number of aliphatic hydroxyl groups is 1. The van der Waals surface area contributed by atoms with Gasteiger partial charge in [-0.15, -0.1) is 22.7 Å². The third kappa shape index (κ3) is 1.97. The van der Waals surface area contributed by atoms with Crippen molar-refractivity contribution < 1.29 is 5.11 Å². The fraction of sp³-hybridized carbons (Fsp3) is 0.143. The molecule has 4 heteroatoms. The first-order chi connectivity index (χ1) is 8.57. The second-order valence-electron chi connectivity index (χ2n) is 4.32. The van der Waals surface area contributed by atoms with E-state index in [-0.39, 0.29) is 0 Å². The van der Waals surface area contributed by atoms with E-state index in [0.717, 1.165) is 9.75 Å². The van der Waals surface area contributed by atoms with Crippen LogP contribution in [-0.4, -0.2) is 5.11 Å². The minimum Gasteiger partial charge on any atom is -0.379 e. The molecule has 1 nitrogen and oxygen atoms in total. The highest BCUT2D eigenvalue weighted by molar-refractivity contribution is 7.19. The Morgan fingerprint density at radius 2 is 1.83 bits per heavy atom. The Morgan fingerprint density at radius 3 is 2.50 bits per heavy atom. The first kappa shape index (κ1) is 12.2. The van der Waals surface area contributed by atoms with Gasteiger partial charge in [0.25, 0.3) is 0 Å². The lowest BCUT2D eigenvalue weighted by Crippen LogP contribution is -2.19. The number of benzene rings is 1. The number of rotatable bonds is 2. The molecule has 3 aromatic rings. The van der Waals surface area contributed by atoms with Gasteiger partial charge in [-0.05, 0) is 36.6 Å². The van der Waals surface area contributed by atoms with Gasteiger partial charge in [0, 0.05) is 14.5 Å². The SMILES string of the molecule is CC(O)(c1ccc(Cl)s1)c1cc2ccccc2s1. The first-order valence-corrected chi connectivity index (χ1v) is 7.56. The molecule has 1 aromatic carbocycles. The van der Waals surface area contributed by atoms with E-state index in [9.17, 15) is 5.11 Å². The molecule has 0 amide bonds. The maximum Gasteiger partial charge on any atom is 0.130 e. The van der Waals surface area contributed by atoms with Gasteiger partial charge in [0.05, 0.1) is 4.34 Å². The Labute approximate surface area is 118 Å². The summed E-state index contributed by atoms with van der Waals surface area (Å²) in [6.45, 7) is 1.82. The zero-order valence-electron chi connectivity index (χ0n) is 9.68. The minimum atomic E-state index is -0.971. The van der Waals surface area contributed by atoms with E-state index in [1.54, 1.807) is 11.3 Å². The van der Waals surface area contributed by atoms with Crippen LogP contribution in [0.4, 0.5) is 0 Å². The molecule has 0 fully saturated rings. The van der Waals surface area contributed by atoms with Crippen LogP contribution >= 0.6 is 34.3 Å². The van der Waals surface area contributed by atoms with E-state index in [1.807, 2.05) is 37.3 Å². The Kier molecular flexibility index (Phi) is 2.94. The molecule has 0 radical (unpaired) electrons. The number of hydrogen-bond acceptors (Lipinski definition) is 3. The second-order valence-corrected chi connectivity index (χ2v) is 7.12. The van der Waals surface area contributed by atoms with Crippen LogP contribution in [0.25, 0.3) is 10.1 Å². The highest BCUT2D eigenvalue weighted by atomic mass is 35.5. The van der Waals surface area contributed by atoms with Crippen LogP contribution in [0.5, 0.6) is 0 Å². The topological polar surface area (TPSA) is 20.2 Å². The lowest BCUT2D eigenvalue weighted by molar-refractivity contribution is 0.110. The van der Waals surface area contributed by atoms with Crippen molar-refractivity contribution in [2.45, 2.75) is 12.5 Å². The van der Waals surface area contributed by atoms with Crippen LogP contribution in [0.2, 0.25) is 4.34 Å². The van der Waals surface area contributed by atoms with E-state index < -0.39 is 5.60 Å². The van der Waals surface area contributed by atoms with Gasteiger partial charge in [-0.3, -0.25) is 0 Å². The summed E-state index contributed by atoms with van der Waals surface area (Å²) in [4.78, 5) is 1.82. The van der Waals surface area contributed by atoms with Crippen LogP contribution in [0, 0.1) is 0 Å². The summed E-state index contributed by atoms with van der Waals surface area (Å²) in [7, 11) is 0. The number of halogens is 1. The van der Waals surface area contributed by atoms with Crippen molar-refractivity contribution in [3.05, 3.63) is 56.6 Å². The predicted octanol–water partition coefficient (Wildman–Crippen LogP) is 4.87. The van der Waals surface area contributed by atoms with Gasteiger partial charge in [0.1, 0.15) is 5.60 Å². The summed E-state index contributed by atoms with van der Waals surface area (Å²) >= 11 is 8.99. The van der Waals surface area contributed by atoms with Gasteiger partial charge in [-0.25, -0.2) is 0 Å². The van der Waals surface area contributed by atoms with Crippen molar-refractivity contribution in [2.24, 2.45) is 0 Å². The summed E-state index contributed by atoms with van der Waals surface area (Å²) in [5.74, 6) is 0. The summed E-state index contributed by atoms with van der Waals surface area (Å²) in [5, 5.41) is 11.9. The quantitative estimate of drug-likeness (QED) is 0.715. The van der Waals surface area contributed by atoms with Crippen LogP contribution < -0.4 is 0 Å². The van der Waals surface area contributed by atoms with E-state index >= 15 is 0 Å². The maximum atomic E-state index is 10.7. The smallest absolute Gasteiger partial charge is 0.130 e. The molecule has 0 saturated carbocycles. The third-order valence-electron chi connectivity index (χ3n) is 2.96. The lowest BCUT2D eigenvalue weighted by Gasteiger charge is -2.19. The average Bonchev–Trinajstić information content (AvgIpc) is 2.94. The Balaban J connectivity index is 2.12. The van der Waals surface area contributed by atoms with Crippen molar-refractivity contribution >= 4 is 44.4 Å². The van der Waals surface area contributed by atoms with Gasteiger partial charge in [-0.2, -0.15) is 0 Å². The summed E-state index contributed by atoms with van der Waals surface area (Å²) in [6.07, 6.45) is 0. The monoisotopic (exact) mass is 294 g/mol. The molecular weight excluding hydrogens is 284 g/mol. The molecule has 0 spiro atoms. The molecule has 0 saturated heterocycles. The molecule has 92 valence electrons. The molecule has 1 atom stereocenters. The van der Waals surface area contributed by atoms with Crippen molar-refractivity contribution in [2.75, 3.05) is 0 Å². The molecule has 2 aromatic heterocycles. The molecule has 0 aliphatic rings. The molecule has 2 heterocycles. The largest absolute Gasteiger partial charge is 0.379 e. The Hall–Kier alpha value is -0.870. The van der Waals surface area contributed by atoms with Gasteiger partial charge in [-0.1, -0.05) is 29.8 Å². The molecule has 0 aliphatic heterocycles. The molecule has 0 aliphatic carbocycles. The molecule has 1 N–H and O–H groups in total. The standard InChI is InChI=1S/C14H11ClOS2/c1-14(16,11-6-7-13(15)18-11)12-8-9-4-2-3-5-10(9)17-12/h2-8,16H,1H3. The van der Waals surface area contributed by atoms with Gasteiger partial charge >= 0.3 is 0 Å². The molecule has 1 unspecified atom stereocenters. The zero-order valence-corrected chi connectivity index (χ0v) is 12.1. The van der Waals surface area contributed by atoms with Crippen LogP contribution in [0.15, 0.2) is 42.5 Å². The summed E-state index contributed by atoms with van der Waals surface area (Å²) in [6, 6.07) is 13.9. The van der Waals surface area contributed by atoms with Gasteiger partial charge in [0.15, 0.2) is 0 Å². The predicted molar refractivity (Wildman–Crippen MR) is 79.8 cm³/mol. The normalized spacial score (nSPS) is 14.8. The fourth-order valence-corrected chi connectivity index (χ4v) is 4.21. The summed E-state index contributed by atoms with van der Waals surface area (Å²) in [5.41, 5.74) is -0.971. The molecular formula is C14H11ClOS2. The molecule has 3 rings (SSSR count). The van der Waals surface area contributed by atoms with Crippen LogP contribution in [-0.2, 0) is 5.60 Å². The highest BCUT2D eigenvalue weighted by Crippen LogP contribution is 2.40. The third-order valence-corrected chi connectivity index (χ3v) is 5.73.